The van der Waals surface area contributed by atoms with Gasteiger partial charge in [0.2, 0.25) is 0 Å². The fourth-order valence-corrected chi connectivity index (χ4v) is 4.13. The van der Waals surface area contributed by atoms with Crippen LogP contribution in [0.2, 0.25) is 0 Å². The first-order chi connectivity index (χ1) is 13.3. The predicted molar refractivity (Wildman–Crippen MR) is 104 cm³/mol. The lowest BCUT2D eigenvalue weighted by Gasteiger charge is -2.38. The van der Waals surface area contributed by atoms with Crippen molar-refractivity contribution >= 4 is 11.9 Å². The molecule has 1 aromatic rings. The van der Waals surface area contributed by atoms with E-state index >= 15 is 0 Å². The minimum atomic E-state index is -1.10. The van der Waals surface area contributed by atoms with E-state index in [4.69, 9.17) is 4.74 Å². The number of carbonyl (C=O) groups is 2. The summed E-state index contributed by atoms with van der Waals surface area (Å²) in [4.78, 5) is 27.6. The molecule has 0 spiro atoms. The molecule has 2 heterocycles. The highest BCUT2D eigenvalue weighted by Gasteiger charge is 2.55. The van der Waals surface area contributed by atoms with Gasteiger partial charge in [0.15, 0.2) is 0 Å². The summed E-state index contributed by atoms with van der Waals surface area (Å²) in [5.74, 6) is -0.637. The van der Waals surface area contributed by atoms with Gasteiger partial charge in [0.1, 0.15) is 11.4 Å². The monoisotopic (exact) mass is 391 g/mol. The number of carbonyl (C=O) groups excluding carboxylic acids is 2. The number of piperidine rings is 1. The van der Waals surface area contributed by atoms with E-state index < -0.39 is 17.2 Å². The van der Waals surface area contributed by atoms with Crippen molar-refractivity contribution in [2.24, 2.45) is 5.92 Å². The van der Waals surface area contributed by atoms with Crippen molar-refractivity contribution in [3.63, 3.8) is 0 Å². The number of nitrogens with zero attached hydrogens (tertiary/aromatic N) is 1. The Kier molecular flexibility index (Phi) is 6.05. The van der Waals surface area contributed by atoms with Gasteiger partial charge < -0.3 is 15.4 Å². The fraction of sp³-hybridized carbons (Fsp3) is 0.619. The van der Waals surface area contributed by atoms with E-state index in [1.165, 1.54) is 11.0 Å². The van der Waals surface area contributed by atoms with Crippen LogP contribution < -0.4 is 10.6 Å². The number of rotatable bonds is 7. The number of amides is 3. The zero-order valence-corrected chi connectivity index (χ0v) is 16.9. The Morgan fingerprint density at radius 3 is 2.57 bits per heavy atom. The molecule has 6 nitrogen and oxygen atoms in total. The summed E-state index contributed by atoms with van der Waals surface area (Å²) < 4.78 is 19.8. The normalized spacial score (nSPS) is 23.9. The van der Waals surface area contributed by atoms with E-state index in [9.17, 15) is 14.0 Å². The van der Waals surface area contributed by atoms with Crippen LogP contribution in [0.4, 0.5) is 9.18 Å². The second-order valence-electron chi connectivity index (χ2n) is 8.36. The number of hydrogen-bond donors (Lipinski definition) is 2. The Morgan fingerprint density at radius 1 is 1.25 bits per heavy atom. The van der Waals surface area contributed by atoms with Crippen LogP contribution in [0.3, 0.4) is 0 Å². The number of hydrogen-bond acceptors (Lipinski definition) is 4. The molecule has 0 aromatic heterocycles. The molecule has 7 heteroatoms. The number of urea groups is 1. The van der Waals surface area contributed by atoms with Crippen molar-refractivity contribution < 1.29 is 18.7 Å². The average molecular weight is 391 g/mol. The lowest BCUT2D eigenvalue weighted by atomic mass is 9.74. The maximum atomic E-state index is 14.4. The largest absolute Gasteiger partial charge is 0.379 e. The average Bonchev–Trinajstić information content (AvgIpc) is 2.93. The molecule has 154 valence electrons. The highest BCUT2D eigenvalue weighted by atomic mass is 19.1. The van der Waals surface area contributed by atoms with Gasteiger partial charge in [-0.1, -0.05) is 18.2 Å². The van der Waals surface area contributed by atoms with Crippen molar-refractivity contribution in [2.75, 3.05) is 26.7 Å². The third kappa shape index (κ3) is 4.05. The smallest absolute Gasteiger partial charge is 0.325 e. The molecule has 0 radical (unpaired) electrons. The van der Waals surface area contributed by atoms with E-state index in [1.54, 1.807) is 25.3 Å². The quantitative estimate of drug-likeness (QED) is 0.701. The summed E-state index contributed by atoms with van der Waals surface area (Å²) in [5.41, 5.74) is -1.08. The summed E-state index contributed by atoms with van der Waals surface area (Å²) in [6.45, 7) is 5.68. The van der Waals surface area contributed by atoms with E-state index in [0.717, 1.165) is 25.9 Å². The van der Waals surface area contributed by atoms with Crippen molar-refractivity contribution in [3.8, 4) is 0 Å². The molecule has 2 N–H and O–H groups in total. The number of benzene rings is 1. The summed E-state index contributed by atoms with van der Waals surface area (Å²) in [7, 11) is 1.61. The van der Waals surface area contributed by atoms with Gasteiger partial charge in [-0.05, 0) is 63.7 Å². The molecule has 0 aliphatic carbocycles. The third-order valence-corrected chi connectivity index (χ3v) is 6.16. The highest BCUT2D eigenvalue weighted by Crippen LogP contribution is 2.36. The standard InChI is InChI=1S/C21H30FN3O3/c1-20(2,28-3)10-13-25-18(26)21(24-19(25)27,16-8-11-23-12-9-16)14-15-6-4-5-7-17(15)22/h4-7,16,23H,8-14H2,1-3H3,(H,24,27)/t21-/m1/s1. The van der Waals surface area contributed by atoms with E-state index in [-0.39, 0.29) is 30.6 Å². The molecule has 3 amide bonds. The summed E-state index contributed by atoms with van der Waals surface area (Å²) in [6.07, 6.45) is 2.22. The van der Waals surface area contributed by atoms with E-state index in [2.05, 4.69) is 10.6 Å². The first kappa shape index (κ1) is 20.7. The lowest BCUT2D eigenvalue weighted by Crippen LogP contribution is -2.57. The second-order valence-corrected chi connectivity index (χ2v) is 8.36. The van der Waals surface area contributed by atoms with Gasteiger partial charge in [0.05, 0.1) is 5.60 Å². The van der Waals surface area contributed by atoms with Crippen LogP contribution in [0.15, 0.2) is 24.3 Å². The van der Waals surface area contributed by atoms with Crippen LogP contribution in [-0.4, -0.2) is 54.7 Å². The SMILES string of the molecule is COC(C)(C)CCN1C(=O)N[C@](Cc2ccccc2F)(C2CCNCC2)C1=O. The maximum Gasteiger partial charge on any atom is 0.325 e. The van der Waals surface area contributed by atoms with Crippen molar-refractivity contribution in [2.45, 2.75) is 50.7 Å². The minimum Gasteiger partial charge on any atom is -0.379 e. The van der Waals surface area contributed by atoms with Gasteiger partial charge in [-0.25, -0.2) is 9.18 Å². The second kappa shape index (κ2) is 8.17. The van der Waals surface area contributed by atoms with Crippen molar-refractivity contribution in [1.29, 1.82) is 0 Å². The number of imide groups is 1. The van der Waals surface area contributed by atoms with Crippen LogP contribution in [0.5, 0.6) is 0 Å². The van der Waals surface area contributed by atoms with Gasteiger partial charge in [-0.15, -0.1) is 0 Å². The van der Waals surface area contributed by atoms with Crippen LogP contribution in [0.1, 0.15) is 38.7 Å². The molecule has 1 atom stereocenters. The van der Waals surface area contributed by atoms with E-state index in [1.807, 2.05) is 13.8 Å². The van der Waals surface area contributed by atoms with Crippen LogP contribution >= 0.6 is 0 Å². The number of ether oxygens (including phenoxy) is 1. The molecular weight excluding hydrogens is 361 g/mol. The van der Waals surface area contributed by atoms with Crippen molar-refractivity contribution in [1.82, 2.24) is 15.5 Å². The lowest BCUT2D eigenvalue weighted by molar-refractivity contribution is -0.134. The molecule has 2 saturated heterocycles. The van der Waals surface area contributed by atoms with Gasteiger partial charge >= 0.3 is 6.03 Å². The molecule has 2 fully saturated rings. The van der Waals surface area contributed by atoms with Crippen LogP contribution in [0.25, 0.3) is 0 Å². The first-order valence-corrected chi connectivity index (χ1v) is 9.92. The highest BCUT2D eigenvalue weighted by molar-refractivity contribution is 6.07. The minimum absolute atomic E-state index is 0.0368. The molecule has 0 unspecified atom stereocenters. The number of nitrogens with one attached hydrogen (secondary N) is 2. The molecular formula is C21H30FN3O3. The molecule has 0 bridgehead atoms. The summed E-state index contributed by atoms with van der Waals surface area (Å²) >= 11 is 0. The summed E-state index contributed by atoms with van der Waals surface area (Å²) in [5, 5.41) is 6.26. The number of methoxy groups -OCH3 is 1. The zero-order valence-electron chi connectivity index (χ0n) is 16.9. The Morgan fingerprint density at radius 2 is 1.93 bits per heavy atom. The predicted octanol–water partition coefficient (Wildman–Crippen LogP) is 2.47. The van der Waals surface area contributed by atoms with Gasteiger partial charge in [0, 0.05) is 20.1 Å². The van der Waals surface area contributed by atoms with E-state index in [0.29, 0.717) is 12.0 Å². The Balaban J connectivity index is 1.89. The molecule has 2 aliphatic heterocycles. The van der Waals surface area contributed by atoms with Crippen LogP contribution in [0, 0.1) is 11.7 Å². The molecule has 0 saturated carbocycles. The summed E-state index contributed by atoms with van der Waals surface area (Å²) in [6, 6.07) is 6.07. The zero-order chi connectivity index (χ0) is 20.4. The molecule has 28 heavy (non-hydrogen) atoms. The fourth-order valence-electron chi connectivity index (χ4n) is 4.13. The molecule has 3 rings (SSSR count). The number of halogens is 1. The van der Waals surface area contributed by atoms with Crippen LogP contribution in [-0.2, 0) is 16.0 Å². The molecule has 1 aromatic carbocycles. The molecule has 2 aliphatic rings. The first-order valence-electron chi connectivity index (χ1n) is 9.92. The Labute approximate surface area is 165 Å². The topological polar surface area (TPSA) is 70.7 Å². The Bertz CT molecular complexity index is 733. The maximum absolute atomic E-state index is 14.4. The van der Waals surface area contributed by atoms with Gasteiger partial charge in [0.25, 0.3) is 5.91 Å². The third-order valence-electron chi connectivity index (χ3n) is 6.16. The van der Waals surface area contributed by atoms with Crippen molar-refractivity contribution in [3.05, 3.63) is 35.6 Å². The van der Waals surface area contributed by atoms with Gasteiger partial charge in [-0.3, -0.25) is 9.69 Å². The Hall–Kier alpha value is -1.99. The van der Waals surface area contributed by atoms with Gasteiger partial charge in [-0.2, -0.15) is 0 Å².